The lowest BCUT2D eigenvalue weighted by molar-refractivity contribution is -0.152. The van der Waals surface area contributed by atoms with E-state index in [4.69, 9.17) is 0 Å². The highest BCUT2D eigenvalue weighted by molar-refractivity contribution is 4.93. The molecule has 4 heteroatoms. The molecule has 16 heavy (non-hydrogen) atoms. The Hall–Kier alpha value is -0.510. The number of unbranched alkanes of at least 4 members (excludes halogenated alkanes) is 1. The van der Waals surface area contributed by atoms with Gasteiger partial charge >= 0.3 is 6.18 Å². The van der Waals surface area contributed by atoms with E-state index in [1.165, 1.54) is 0 Å². The topological polar surface area (TPSA) is 12.0 Å². The molecule has 0 unspecified atom stereocenters. The SMILES string of the molecule is C=C[C@](C)(CCCC)CN[C@@H](C)C(F)(F)F. The van der Waals surface area contributed by atoms with E-state index >= 15 is 0 Å². The van der Waals surface area contributed by atoms with Crippen molar-refractivity contribution in [1.82, 2.24) is 5.32 Å². The first-order valence-corrected chi connectivity index (χ1v) is 5.69. The maximum atomic E-state index is 12.3. The molecule has 1 nitrogen and oxygen atoms in total. The lowest BCUT2D eigenvalue weighted by atomic mass is 9.85. The molecular formula is C12H22F3N. The van der Waals surface area contributed by atoms with Crippen molar-refractivity contribution in [2.75, 3.05) is 6.54 Å². The Labute approximate surface area is 96.1 Å². The molecule has 0 aromatic rings. The summed E-state index contributed by atoms with van der Waals surface area (Å²) in [6.45, 7) is 9.16. The molecule has 0 aromatic carbocycles. The van der Waals surface area contributed by atoms with Crippen molar-refractivity contribution in [3.05, 3.63) is 12.7 Å². The lowest BCUT2D eigenvalue weighted by Gasteiger charge is -2.28. The average Bonchev–Trinajstić information content (AvgIpc) is 2.21. The van der Waals surface area contributed by atoms with Gasteiger partial charge in [-0.05, 0) is 18.8 Å². The predicted octanol–water partition coefficient (Wildman–Crippen LogP) is 3.91. The second-order valence-corrected chi connectivity index (χ2v) is 4.61. The molecule has 0 spiro atoms. The Bertz CT molecular complexity index is 213. The first kappa shape index (κ1) is 15.5. The molecule has 0 radical (unpaired) electrons. The van der Waals surface area contributed by atoms with E-state index in [1.807, 2.05) is 6.92 Å². The van der Waals surface area contributed by atoms with Crippen molar-refractivity contribution in [2.45, 2.75) is 52.3 Å². The van der Waals surface area contributed by atoms with Gasteiger partial charge < -0.3 is 5.32 Å². The second kappa shape index (κ2) is 6.28. The van der Waals surface area contributed by atoms with Crippen LogP contribution in [0.5, 0.6) is 0 Å². The second-order valence-electron chi connectivity index (χ2n) is 4.61. The Kier molecular flexibility index (Phi) is 6.08. The first-order chi connectivity index (χ1) is 7.25. The van der Waals surface area contributed by atoms with E-state index in [2.05, 4.69) is 18.8 Å². The van der Waals surface area contributed by atoms with Gasteiger partial charge in [0, 0.05) is 6.54 Å². The average molecular weight is 237 g/mol. The number of rotatable bonds is 7. The third-order valence-corrected chi connectivity index (χ3v) is 2.90. The van der Waals surface area contributed by atoms with Gasteiger partial charge in [-0.2, -0.15) is 13.2 Å². The molecule has 2 atom stereocenters. The molecule has 0 aromatic heterocycles. The van der Waals surface area contributed by atoms with E-state index < -0.39 is 12.2 Å². The molecule has 0 amide bonds. The van der Waals surface area contributed by atoms with Crippen molar-refractivity contribution in [1.29, 1.82) is 0 Å². The van der Waals surface area contributed by atoms with Crippen LogP contribution in [0.15, 0.2) is 12.7 Å². The Morgan fingerprint density at radius 1 is 1.38 bits per heavy atom. The van der Waals surface area contributed by atoms with Gasteiger partial charge in [0.15, 0.2) is 0 Å². The van der Waals surface area contributed by atoms with Gasteiger partial charge in [-0.3, -0.25) is 0 Å². The zero-order valence-corrected chi connectivity index (χ0v) is 10.3. The van der Waals surface area contributed by atoms with Crippen LogP contribution in [-0.2, 0) is 0 Å². The number of halogens is 3. The molecule has 0 saturated carbocycles. The van der Waals surface area contributed by atoms with Gasteiger partial charge in [0.2, 0.25) is 0 Å². The molecule has 0 heterocycles. The summed E-state index contributed by atoms with van der Waals surface area (Å²) in [5, 5.41) is 2.53. The monoisotopic (exact) mass is 237 g/mol. The van der Waals surface area contributed by atoms with E-state index in [1.54, 1.807) is 6.08 Å². The fourth-order valence-corrected chi connectivity index (χ4v) is 1.35. The van der Waals surface area contributed by atoms with Crippen molar-refractivity contribution >= 4 is 0 Å². The largest absolute Gasteiger partial charge is 0.403 e. The summed E-state index contributed by atoms with van der Waals surface area (Å²) in [6.07, 6.45) is 0.485. The highest BCUT2D eigenvalue weighted by Crippen LogP contribution is 2.26. The standard InChI is InChI=1S/C12H22F3N/c1-5-7-8-11(4,6-2)9-16-10(3)12(13,14)15/h6,10,16H,2,5,7-9H2,1,3-4H3/t10-,11+/m0/s1. The van der Waals surface area contributed by atoms with Crippen LogP contribution in [0.1, 0.15) is 40.0 Å². The van der Waals surface area contributed by atoms with Crippen LogP contribution >= 0.6 is 0 Å². The van der Waals surface area contributed by atoms with Crippen molar-refractivity contribution in [3.8, 4) is 0 Å². The van der Waals surface area contributed by atoms with Gasteiger partial charge in [0.1, 0.15) is 6.04 Å². The molecule has 1 N–H and O–H groups in total. The maximum Gasteiger partial charge on any atom is 0.403 e. The molecule has 0 aliphatic carbocycles. The van der Waals surface area contributed by atoms with Gasteiger partial charge in [-0.1, -0.05) is 32.8 Å². The number of hydrogen-bond acceptors (Lipinski definition) is 1. The minimum atomic E-state index is -4.17. The van der Waals surface area contributed by atoms with E-state index in [0.717, 1.165) is 26.2 Å². The summed E-state index contributed by atoms with van der Waals surface area (Å²) in [4.78, 5) is 0. The zero-order chi connectivity index (χ0) is 12.8. The Balaban J connectivity index is 4.18. The zero-order valence-electron chi connectivity index (χ0n) is 10.3. The first-order valence-electron chi connectivity index (χ1n) is 5.69. The van der Waals surface area contributed by atoms with E-state index in [9.17, 15) is 13.2 Å². The number of nitrogens with one attached hydrogen (secondary N) is 1. The molecule has 96 valence electrons. The highest BCUT2D eigenvalue weighted by Gasteiger charge is 2.36. The quantitative estimate of drug-likeness (QED) is 0.662. The molecular weight excluding hydrogens is 215 g/mol. The minimum absolute atomic E-state index is 0.254. The third kappa shape index (κ3) is 5.54. The molecule has 0 bridgehead atoms. The lowest BCUT2D eigenvalue weighted by Crippen LogP contribution is -2.44. The highest BCUT2D eigenvalue weighted by atomic mass is 19.4. The summed E-state index contributed by atoms with van der Waals surface area (Å²) in [5.41, 5.74) is -0.254. The molecule has 0 aliphatic heterocycles. The molecule has 0 saturated heterocycles. The Morgan fingerprint density at radius 2 is 1.94 bits per heavy atom. The predicted molar refractivity (Wildman–Crippen MR) is 61.3 cm³/mol. The summed E-state index contributed by atoms with van der Waals surface area (Å²) < 4.78 is 36.9. The summed E-state index contributed by atoms with van der Waals surface area (Å²) >= 11 is 0. The van der Waals surface area contributed by atoms with E-state index in [-0.39, 0.29) is 5.41 Å². The van der Waals surface area contributed by atoms with Crippen LogP contribution < -0.4 is 5.32 Å². The van der Waals surface area contributed by atoms with Gasteiger partial charge in [-0.15, -0.1) is 6.58 Å². The van der Waals surface area contributed by atoms with Crippen LogP contribution in [0.3, 0.4) is 0 Å². The van der Waals surface area contributed by atoms with Gasteiger partial charge in [0.25, 0.3) is 0 Å². The molecule has 0 rings (SSSR count). The van der Waals surface area contributed by atoms with Gasteiger partial charge in [0.05, 0.1) is 0 Å². The fourth-order valence-electron chi connectivity index (χ4n) is 1.35. The molecule has 0 fully saturated rings. The Morgan fingerprint density at radius 3 is 2.31 bits per heavy atom. The van der Waals surface area contributed by atoms with Crippen LogP contribution in [-0.4, -0.2) is 18.8 Å². The summed E-state index contributed by atoms with van der Waals surface area (Å²) in [6, 6.07) is -1.46. The number of alkyl halides is 3. The minimum Gasteiger partial charge on any atom is -0.306 e. The van der Waals surface area contributed by atoms with Gasteiger partial charge in [-0.25, -0.2) is 0 Å². The summed E-state index contributed by atoms with van der Waals surface area (Å²) in [7, 11) is 0. The van der Waals surface area contributed by atoms with Crippen molar-refractivity contribution < 1.29 is 13.2 Å². The van der Waals surface area contributed by atoms with Crippen molar-refractivity contribution in [3.63, 3.8) is 0 Å². The third-order valence-electron chi connectivity index (χ3n) is 2.90. The van der Waals surface area contributed by atoms with E-state index in [0.29, 0.717) is 6.54 Å². The summed E-state index contributed by atoms with van der Waals surface area (Å²) in [5.74, 6) is 0. The van der Waals surface area contributed by atoms with Crippen LogP contribution in [0, 0.1) is 5.41 Å². The number of hydrogen-bond donors (Lipinski definition) is 1. The normalized spacial score (nSPS) is 17.9. The van der Waals surface area contributed by atoms with Crippen LogP contribution in [0.2, 0.25) is 0 Å². The van der Waals surface area contributed by atoms with Crippen molar-refractivity contribution in [2.24, 2.45) is 5.41 Å². The molecule has 0 aliphatic rings. The smallest absolute Gasteiger partial charge is 0.306 e. The van der Waals surface area contributed by atoms with Crippen LogP contribution in [0.25, 0.3) is 0 Å². The van der Waals surface area contributed by atoms with Crippen LogP contribution in [0.4, 0.5) is 13.2 Å². The fraction of sp³-hybridized carbons (Fsp3) is 0.833. The maximum absolute atomic E-state index is 12.3.